The summed E-state index contributed by atoms with van der Waals surface area (Å²) in [5.74, 6) is 7.35. The third-order valence-corrected chi connectivity index (χ3v) is 6.05. The van der Waals surface area contributed by atoms with Crippen LogP contribution in [0, 0.1) is 18.8 Å². The fourth-order valence-electron chi connectivity index (χ4n) is 3.44. The largest absolute Gasteiger partial charge is 0.365 e. The molecule has 0 aliphatic carbocycles. The number of piperazine rings is 1. The second-order valence-corrected chi connectivity index (χ2v) is 8.11. The molecule has 0 unspecified atom stereocenters. The summed E-state index contributed by atoms with van der Waals surface area (Å²) in [5, 5.41) is 1.04. The van der Waals surface area contributed by atoms with E-state index in [4.69, 9.17) is 4.74 Å². The molecule has 0 spiro atoms. The molecule has 2 aliphatic rings. The predicted octanol–water partition coefficient (Wildman–Crippen LogP) is 1.86. The van der Waals surface area contributed by atoms with E-state index in [0.717, 1.165) is 69.6 Å². The smallest absolute Gasteiger partial charge is 0.205 e. The van der Waals surface area contributed by atoms with Crippen molar-refractivity contribution in [3.8, 4) is 11.8 Å². The standard InChI is InChI=1S/C19H31N5OS/c1-16(2)23-13-11-22(12-14-23)8-4-5-15-25-18-6-9-24(10-7-18)19-20-17(3)21-26-19/h16,18H,6-15H2,1-3H3. The molecule has 6 nitrogen and oxygen atoms in total. The van der Waals surface area contributed by atoms with E-state index < -0.39 is 0 Å². The Morgan fingerprint density at radius 1 is 1.12 bits per heavy atom. The highest BCUT2D eigenvalue weighted by atomic mass is 32.1. The number of piperidine rings is 1. The number of aryl methyl sites for hydroxylation is 1. The van der Waals surface area contributed by atoms with Crippen LogP contribution in [0.4, 0.5) is 5.13 Å². The number of rotatable bonds is 5. The molecule has 3 heterocycles. The Labute approximate surface area is 161 Å². The van der Waals surface area contributed by atoms with Gasteiger partial charge >= 0.3 is 0 Å². The molecule has 0 bridgehead atoms. The van der Waals surface area contributed by atoms with Crippen LogP contribution in [0.1, 0.15) is 32.5 Å². The first-order valence-electron chi connectivity index (χ1n) is 9.71. The summed E-state index contributed by atoms with van der Waals surface area (Å²) in [4.78, 5) is 11.7. The fraction of sp³-hybridized carbons (Fsp3) is 0.789. The zero-order valence-electron chi connectivity index (χ0n) is 16.3. The number of anilines is 1. The quantitative estimate of drug-likeness (QED) is 0.730. The Morgan fingerprint density at radius 2 is 1.85 bits per heavy atom. The van der Waals surface area contributed by atoms with E-state index in [1.54, 1.807) is 0 Å². The summed E-state index contributed by atoms with van der Waals surface area (Å²) in [6.45, 7) is 14.4. The number of aromatic nitrogens is 2. The fourth-order valence-corrected chi connectivity index (χ4v) is 4.17. The zero-order valence-corrected chi connectivity index (χ0v) is 17.1. The van der Waals surface area contributed by atoms with Gasteiger partial charge in [0.15, 0.2) is 0 Å². The molecule has 26 heavy (non-hydrogen) atoms. The average molecular weight is 378 g/mol. The maximum atomic E-state index is 5.95. The predicted molar refractivity (Wildman–Crippen MR) is 107 cm³/mol. The van der Waals surface area contributed by atoms with Crippen molar-refractivity contribution >= 4 is 16.7 Å². The highest BCUT2D eigenvalue weighted by molar-refractivity contribution is 7.09. The molecular weight excluding hydrogens is 346 g/mol. The first-order valence-corrected chi connectivity index (χ1v) is 10.5. The van der Waals surface area contributed by atoms with Gasteiger partial charge in [0.2, 0.25) is 5.13 Å². The van der Waals surface area contributed by atoms with Crippen molar-refractivity contribution in [3.63, 3.8) is 0 Å². The summed E-state index contributed by atoms with van der Waals surface area (Å²) in [5.41, 5.74) is 0. The summed E-state index contributed by atoms with van der Waals surface area (Å²) in [6, 6.07) is 0.652. The molecule has 0 atom stereocenters. The molecule has 3 rings (SSSR count). The van der Waals surface area contributed by atoms with Gasteiger partial charge in [-0.15, -0.1) is 0 Å². The van der Waals surface area contributed by atoms with Crippen molar-refractivity contribution in [2.75, 3.05) is 57.3 Å². The SMILES string of the molecule is Cc1nsc(N2CCC(OCC#CCN3CCN(C(C)C)CC3)CC2)n1. The number of hydrogen-bond acceptors (Lipinski definition) is 7. The van der Waals surface area contributed by atoms with Gasteiger partial charge in [0.05, 0.1) is 12.6 Å². The Balaban J connectivity index is 1.29. The number of nitrogens with zero attached hydrogens (tertiary/aromatic N) is 5. The second-order valence-electron chi connectivity index (χ2n) is 7.38. The van der Waals surface area contributed by atoms with Crippen LogP contribution in [-0.4, -0.2) is 83.7 Å². The van der Waals surface area contributed by atoms with Crippen molar-refractivity contribution in [2.24, 2.45) is 0 Å². The summed E-state index contributed by atoms with van der Waals surface area (Å²) in [7, 11) is 0. The van der Waals surface area contributed by atoms with Crippen molar-refractivity contribution in [1.29, 1.82) is 0 Å². The van der Waals surface area contributed by atoms with Gasteiger partial charge < -0.3 is 9.64 Å². The third kappa shape index (κ3) is 5.65. The molecule has 0 radical (unpaired) electrons. The topological polar surface area (TPSA) is 44.7 Å². The Bertz CT molecular complexity index is 607. The summed E-state index contributed by atoms with van der Waals surface area (Å²) in [6.07, 6.45) is 2.40. The third-order valence-electron chi connectivity index (χ3n) is 5.19. The molecule has 0 N–H and O–H groups in total. The van der Waals surface area contributed by atoms with Crippen LogP contribution in [0.3, 0.4) is 0 Å². The van der Waals surface area contributed by atoms with Gasteiger partial charge in [-0.05, 0) is 33.6 Å². The molecular formula is C19H31N5OS. The molecule has 0 saturated carbocycles. The maximum absolute atomic E-state index is 5.95. The maximum Gasteiger partial charge on any atom is 0.205 e. The van der Waals surface area contributed by atoms with E-state index >= 15 is 0 Å². The first kappa shape index (κ1) is 19.6. The Morgan fingerprint density at radius 3 is 2.46 bits per heavy atom. The minimum Gasteiger partial charge on any atom is -0.365 e. The highest BCUT2D eigenvalue weighted by Crippen LogP contribution is 2.22. The van der Waals surface area contributed by atoms with Crippen LogP contribution in [0.5, 0.6) is 0 Å². The van der Waals surface area contributed by atoms with Gasteiger partial charge in [0, 0.05) is 56.8 Å². The molecule has 0 amide bonds. The van der Waals surface area contributed by atoms with E-state index in [9.17, 15) is 0 Å². The van der Waals surface area contributed by atoms with E-state index in [-0.39, 0.29) is 0 Å². The van der Waals surface area contributed by atoms with Crippen LogP contribution in [-0.2, 0) is 4.74 Å². The summed E-state index contributed by atoms with van der Waals surface area (Å²) >= 11 is 1.49. The van der Waals surface area contributed by atoms with E-state index in [1.807, 2.05) is 6.92 Å². The van der Waals surface area contributed by atoms with Gasteiger partial charge in [-0.3, -0.25) is 9.80 Å². The molecule has 2 fully saturated rings. The summed E-state index contributed by atoms with van der Waals surface area (Å²) < 4.78 is 10.2. The lowest BCUT2D eigenvalue weighted by Gasteiger charge is -2.36. The Hall–Kier alpha value is -1.20. The second kappa shape index (κ2) is 9.65. The molecule has 2 saturated heterocycles. The van der Waals surface area contributed by atoms with Crippen molar-refractivity contribution < 1.29 is 4.74 Å². The first-order chi connectivity index (χ1) is 12.6. The lowest BCUT2D eigenvalue weighted by molar-refractivity contribution is 0.0594. The molecule has 2 aliphatic heterocycles. The molecule has 0 aromatic carbocycles. The van der Waals surface area contributed by atoms with Gasteiger partial charge in [0.1, 0.15) is 12.4 Å². The van der Waals surface area contributed by atoms with Crippen LogP contribution in [0.15, 0.2) is 0 Å². The van der Waals surface area contributed by atoms with E-state index in [2.05, 4.69) is 49.7 Å². The van der Waals surface area contributed by atoms with E-state index in [0.29, 0.717) is 18.8 Å². The van der Waals surface area contributed by atoms with Gasteiger partial charge in [-0.1, -0.05) is 11.8 Å². The minimum atomic E-state index is 0.323. The van der Waals surface area contributed by atoms with Gasteiger partial charge in [-0.2, -0.15) is 4.37 Å². The van der Waals surface area contributed by atoms with Gasteiger partial charge in [-0.25, -0.2) is 4.98 Å². The van der Waals surface area contributed by atoms with Crippen LogP contribution < -0.4 is 4.90 Å². The van der Waals surface area contributed by atoms with Crippen LogP contribution in [0.25, 0.3) is 0 Å². The highest BCUT2D eigenvalue weighted by Gasteiger charge is 2.21. The zero-order chi connectivity index (χ0) is 18.4. The van der Waals surface area contributed by atoms with Crippen LogP contribution >= 0.6 is 11.5 Å². The molecule has 144 valence electrons. The average Bonchev–Trinajstić information content (AvgIpc) is 3.09. The number of hydrogen-bond donors (Lipinski definition) is 0. The molecule has 7 heteroatoms. The lowest BCUT2D eigenvalue weighted by Crippen LogP contribution is -2.48. The minimum absolute atomic E-state index is 0.323. The molecule has 1 aromatic rings. The van der Waals surface area contributed by atoms with E-state index in [1.165, 1.54) is 11.5 Å². The van der Waals surface area contributed by atoms with Crippen molar-refractivity contribution in [1.82, 2.24) is 19.2 Å². The van der Waals surface area contributed by atoms with Crippen LogP contribution in [0.2, 0.25) is 0 Å². The monoisotopic (exact) mass is 377 g/mol. The van der Waals surface area contributed by atoms with Gasteiger partial charge in [0.25, 0.3) is 0 Å². The van der Waals surface area contributed by atoms with Crippen molar-refractivity contribution in [2.45, 2.75) is 45.8 Å². The van der Waals surface area contributed by atoms with Crippen molar-refractivity contribution in [3.05, 3.63) is 5.82 Å². The molecule has 1 aromatic heterocycles. The lowest BCUT2D eigenvalue weighted by atomic mass is 10.1. The number of ether oxygens (including phenoxy) is 1. The Kier molecular flexibility index (Phi) is 7.26. The normalized spacial score (nSPS) is 20.4.